The smallest absolute Gasteiger partial charge is 0.284 e. The van der Waals surface area contributed by atoms with Crippen LogP contribution in [-0.4, -0.2) is 15.0 Å². The molecule has 0 aliphatic rings. The molecule has 0 saturated carbocycles. The second-order valence-electron chi connectivity index (χ2n) is 8.76. The summed E-state index contributed by atoms with van der Waals surface area (Å²) in [5, 5.41) is 1.01. The van der Waals surface area contributed by atoms with E-state index in [4.69, 9.17) is 13.3 Å². The Morgan fingerprint density at radius 2 is 0.692 bits per heavy atom. The lowest BCUT2D eigenvalue weighted by atomic mass is 10.0. The van der Waals surface area contributed by atoms with Crippen LogP contribution in [0.2, 0.25) is 0 Å². The summed E-state index contributed by atoms with van der Waals surface area (Å²) in [6.45, 7) is 0. The molecule has 39 heavy (non-hydrogen) atoms. The summed E-state index contributed by atoms with van der Waals surface area (Å²) in [4.78, 5) is 50.6. The molecule has 7 aromatic rings. The van der Waals surface area contributed by atoms with Crippen molar-refractivity contribution >= 4 is 32.9 Å². The van der Waals surface area contributed by atoms with Crippen LogP contribution in [0.4, 0.5) is 0 Å². The van der Waals surface area contributed by atoms with Gasteiger partial charge >= 0.3 is 0 Å². The summed E-state index contributed by atoms with van der Waals surface area (Å²) in [6, 6.07) is 25.2. The fourth-order valence-corrected chi connectivity index (χ4v) is 4.40. The molecule has 0 atom stereocenters. The fourth-order valence-electron chi connectivity index (χ4n) is 4.40. The largest absolute Gasteiger partial charge is 0.437 e. The molecule has 0 saturated heterocycles. The minimum Gasteiger partial charge on any atom is -0.437 e. The van der Waals surface area contributed by atoms with Crippen LogP contribution in [0.1, 0.15) is 0 Å². The maximum Gasteiger partial charge on any atom is 0.284 e. The van der Waals surface area contributed by atoms with Crippen LogP contribution in [0.5, 0.6) is 0 Å². The van der Waals surface area contributed by atoms with Gasteiger partial charge in [0.15, 0.2) is 0 Å². The summed E-state index contributed by atoms with van der Waals surface area (Å²) in [7, 11) is 0. The van der Waals surface area contributed by atoms with Gasteiger partial charge in [-0.05, 0) is 54.6 Å². The third-order valence-corrected chi connectivity index (χ3v) is 6.26. The number of nitrogens with zero attached hydrogens (tertiary/aromatic N) is 3. The Labute approximate surface area is 217 Å². The molecular formula is C30H15N3O6. The third-order valence-electron chi connectivity index (χ3n) is 6.26. The molecule has 0 bridgehead atoms. The van der Waals surface area contributed by atoms with Crippen LogP contribution >= 0.6 is 0 Å². The Morgan fingerprint density at radius 1 is 0.410 bits per heavy atom. The van der Waals surface area contributed by atoms with E-state index in [-0.39, 0.29) is 17.7 Å². The minimum atomic E-state index is -0.468. The molecule has 3 heterocycles. The zero-order chi connectivity index (χ0) is 26.5. The maximum atomic E-state index is 12.7. The van der Waals surface area contributed by atoms with Crippen LogP contribution in [0, 0.1) is 0 Å². The van der Waals surface area contributed by atoms with Gasteiger partial charge in [0.05, 0.1) is 16.2 Å². The van der Waals surface area contributed by atoms with Crippen molar-refractivity contribution < 1.29 is 13.3 Å². The number of aromatic nitrogens is 3. The van der Waals surface area contributed by atoms with Crippen molar-refractivity contribution in [3.63, 3.8) is 0 Å². The van der Waals surface area contributed by atoms with Crippen molar-refractivity contribution in [2.24, 2.45) is 0 Å². The highest BCUT2D eigenvalue weighted by molar-refractivity contribution is 5.81. The first-order valence-corrected chi connectivity index (χ1v) is 11.9. The average molecular weight is 513 g/mol. The number of para-hydroxylation sites is 3. The molecule has 0 fully saturated rings. The van der Waals surface area contributed by atoms with Crippen molar-refractivity contribution in [3.05, 3.63) is 122 Å². The predicted octanol–water partition coefficient (Wildman–Crippen LogP) is 5.19. The average Bonchev–Trinajstić information content (AvgIpc) is 2.97. The van der Waals surface area contributed by atoms with Crippen molar-refractivity contribution in [2.45, 2.75) is 0 Å². The van der Waals surface area contributed by atoms with E-state index in [2.05, 4.69) is 15.0 Å². The molecule has 3 aromatic heterocycles. The van der Waals surface area contributed by atoms with Gasteiger partial charge in [0.1, 0.15) is 16.7 Å². The van der Waals surface area contributed by atoms with E-state index in [9.17, 15) is 14.4 Å². The van der Waals surface area contributed by atoms with E-state index in [1.54, 1.807) is 91.0 Å². The predicted molar refractivity (Wildman–Crippen MR) is 144 cm³/mol. The molecule has 0 spiro atoms. The lowest BCUT2D eigenvalue weighted by molar-refractivity contribution is 0.590. The Balaban J connectivity index is 1.51. The van der Waals surface area contributed by atoms with Gasteiger partial charge in [-0.15, -0.1) is 0 Å². The van der Waals surface area contributed by atoms with E-state index in [0.717, 1.165) is 0 Å². The Morgan fingerprint density at radius 3 is 1.00 bits per heavy atom. The maximum absolute atomic E-state index is 12.7. The van der Waals surface area contributed by atoms with Gasteiger partial charge in [-0.1, -0.05) is 36.4 Å². The van der Waals surface area contributed by atoms with Gasteiger partial charge in [0.2, 0.25) is 17.7 Å². The third kappa shape index (κ3) is 3.89. The fraction of sp³-hybridized carbons (Fsp3) is 0. The van der Waals surface area contributed by atoms with Gasteiger partial charge in [0, 0.05) is 16.7 Å². The van der Waals surface area contributed by atoms with Crippen LogP contribution in [0.3, 0.4) is 0 Å². The highest BCUT2D eigenvalue weighted by Gasteiger charge is 2.18. The molecular weight excluding hydrogens is 498 g/mol. The molecule has 0 N–H and O–H groups in total. The van der Waals surface area contributed by atoms with Gasteiger partial charge in [-0.3, -0.25) is 14.4 Å². The summed E-state index contributed by atoms with van der Waals surface area (Å²) < 4.78 is 17.9. The monoisotopic (exact) mass is 513 g/mol. The standard InChI is InChI=1S/C30H15N3O6/c34-25-19-7-1-4-10-22(19)37-28(31-25)16-13-17(29-32-26(35)20-8-2-5-11-23(20)38-29)15-18(14-16)30-33-27(36)21-9-3-6-12-24(21)39-30/h1-15H. The zero-order valence-electron chi connectivity index (χ0n) is 20.0. The van der Waals surface area contributed by atoms with Crippen molar-refractivity contribution in [1.82, 2.24) is 15.0 Å². The van der Waals surface area contributed by atoms with Gasteiger partial charge in [-0.25, -0.2) is 0 Å². The highest BCUT2D eigenvalue weighted by atomic mass is 16.4. The van der Waals surface area contributed by atoms with Crippen LogP contribution in [0.15, 0.2) is 119 Å². The molecule has 9 nitrogen and oxygen atoms in total. The van der Waals surface area contributed by atoms with Crippen LogP contribution < -0.4 is 16.7 Å². The summed E-state index contributed by atoms with van der Waals surface area (Å²) in [5.74, 6) is 0.0641. The Kier molecular flexibility index (Phi) is 5.02. The molecule has 4 aromatic carbocycles. The molecule has 0 aliphatic heterocycles. The Hall–Kier alpha value is -5.70. The van der Waals surface area contributed by atoms with E-state index in [0.29, 0.717) is 49.6 Å². The summed E-state index contributed by atoms with van der Waals surface area (Å²) in [6.07, 6.45) is 0. The van der Waals surface area contributed by atoms with Gasteiger partial charge in [0.25, 0.3) is 16.7 Å². The first-order valence-electron chi connectivity index (χ1n) is 11.9. The highest BCUT2D eigenvalue weighted by Crippen LogP contribution is 2.32. The van der Waals surface area contributed by atoms with Crippen LogP contribution in [-0.2, 0) is 0 Å². The molecule has 0 unspecified atom stereocenters. The van der Waals surface area contributed by atoms with Crippen LogP contribution in [0.25, 0.3) is 67.3 Å². The first kappa shape index (κ1) is 22.5. The minimum absolute atomic E-state index is 0.0214. The summed E-state index contributed by atoms with van der Waals surface area (Å²) in [5.41, 5.74) is 0.737. The number of fused-ring (bicyclic) bond motifs is 3. The Bertz CT molecular complexity index is 2000. The first-order chi connectivity index (χ1) is 19.0. The SMILES string of the molecule is O=c1nc(-c2cc(-c3nc(=O)c4ccccc4o3)cc(-c3nc(=O)c4ccccc4o3)c2)oc2ccccc12. The second kappa shape index (κ2) is 8.70. The summed E-state index contributed by atoms with van der Waals surface area (Å²) >= 11 is 0. The molecule has 0 aliphatic carbocycles. The van der Waals surface area contributed by atoms with Gasteiger partial charge < -0.3 is 13.3 Å². The van der Waals surface area contributed by atoms with Crippen molar-refractivity contribution in [1.29, 1.82) is 0 Å². The number of hydrogen-bond donors (Lipinski definition) is 0. The number of rotatable bonds is 3. The normalized spacial score (nSPS) is 11.4. The van der Waals surface area contributed by atoms with E-state index in [1.165, 1.54) is 0 Å². The van der Waals surface area contributed by atoms with Crippen molar-refractivity contribution in [3.8, 4) is 34.4 Å². The van der Waals surface area contributed by atoms with E-state index in [1.807, 2.05) is 0 Å². The molecule has 0 radical (unpaired) electrons. The topological polar surface area (TPSA) is 129 Å². The molecule has 7 rings (SSSR count). The number of hydrogen-bond acceptors (Lipinski definition) is 9. The lowest BCUT2D eigenvalue weighted by Gasteiger charge is -2.09. The van der Waals surface area contributed by atoms with E-state index < -0.39 is 16.7 Å². The molecule has 9 heteroatoms. The van der Waals surface area contributed by atoms with Crippen molar-refractivity contribution in [2.75, 3.05) is 0 Å². The molecule has 186 valence electrons. The molecule has 0 amide bonds. The quantitative estimate of drug-likeness (QED) is 0.313. The number of benzene rings is 4. The van der Waals surface area contributed by atoms with Gasteiger partial charge in [-0.2, -0.15) is 15.0 Å². The van der Waals surface area contributed by atoms with E-state index >= 15 is 0 Å². The second-order valence-corrected chi connectivity index (χ2v) is 8.76. The lowest BCUT2D eigenvalue weighted by Crippen LogP contribution is -2.09. The zero-order valence-corrected chi connectivity index (χ0v) is 20.0.